The average molecular weight is 429 g/mol. The Labute approximate surface area is 153 Å². The molecule has 3 rings (SSSR count). The van der Waals surface area contributed by atoms with Crippen LogP contribution in [-0.2, 0) is 17.6 Å². The van der Waals surface area contributed by atoms with Gasteiger partial charge in [-0.25, -0.2) is 0 Å². The van der Waals surface area contributed by atoms with Gasteiger partial charge in [0.05, 0.1) is 9.72 Å². The minimum absolute atomic E-state index is 0.0786. The average Bonchev–Trinajstić information content (AvgIpc) is 2.94. The van der Waals surface area contributed by atoms with Gasteiger partial charge in [0.1, 0.15) is 16.2 Å². The minimum atomic E-state index is -9.93. The van der Waals surface area contributed by atoms with Crippen molar-refractivity contribution in [3.8, 4) is 0 Å². The lowest BCUT2D eigenvalue weighted by Gasteiger charge is -2.41. The number of aromatic nitrogens is 2. The first kappa shape index (κ1) is 19.0. The van der Waals surface area contributed by atoms with Crippen molar-refractivity contribution in [3.63, 3.8) is 0 Å². The van der Waals surface area contributed by atoms with E-state index >= 15 is 0 Å². The number of carbonyl (C=O) groups excluding carboxylic acids is 1. The largest absolute Gasteiger partial charge is 0.311 e. The van der Waals surface area contributed by atoms with Crippen LogP contribution in [0, 0.1) is 0 Å². The predicted molar refractivity (Wildman–Crippen MR) is 92.7 cm³/mol. The molecule has 0 aliphatic rings. The molecular weight excluding hydrogens is 419 g/mol. The van der Waals surface area contributed by atoms with Gasteiger partial charge in [-0.1, -0.05) is 53.7 Å². The first-order chi connectivity index (χ1) is 11.8. The molecule has 11 heteroatoms. The van der Waals surface area contributed by atoms with Crippen molar-refractivity contribution in [3.05, 3.63) is 52.5 Å². The van der Waals surface area contributed by atoms with Crippen molar-refractivity contribution in [2.24, 2.45) is 0 Å². The van der Waals surface area contributed by atoms with Crippen LogP contribution in [0.25, 0.3) is 10.2 Å². The summed E-state index contributed by atoms with van der Waals surface area (Å²) in [6.07, 6.45) is -0.565. The molecule has 0 aliphatic heterocycles. The number of Topliss-reactive ketones (excluding diaryl/α,β-unsaturated/α-hetero) is 1. The summed E-state index contributed by atoms with van der Waals surface area (Å²) in [5, 5.41) is 2.72. The van der Waals surface area contributed by atoms with E-state index in [0.717, 1.165) is 28.4 Å². The molecule has 1 heterocycles. The monoisotopic (exact) mass is 428 g/mol. The van der Waals surface area contributed by atoms with Gasteiger partial charge in [0.2, 0.25) is 0 Å². The summed E-state index contributed by atoms with van der Waals surface area (Å²) >= 11 is 6.69. The SMILES string of the molecule is O=C(Cc1ccc2nnsc2c1)Cc1cccc(S(F)(F)(F)(F)F)c1Cl. The fourth-order valence-corrected chi connectivity index (χ4v) is 4.48. The molecule has 0 fully saturated rings. The van der Waals surface area contributed by atoms with Crippen LogP contribution in [0.4, 0.5) is 19.4 Å². The third-order valence-electron chi connectivity index (χ3n) is 3.56. The highest BCUT2D eigenvalue weighted by Gasteiger charge is 2.66. The number of carbonyl (C=O) groups is 1. The summed E-state index contributed by atoms with van der Waals surface area (Å²) in [6, 6.07) is 7.19. The van der Waals surface area contributed by atoms with Gasteiger partial charge in [-0.2, -0.15) is 0 Å². The maximum absolute atomic E-state index is 13.0. The van der Waals surface area contributed by atoms with Gasteiger partial charge in [0.15, 0.2) is 0 Å². The number of ketones is 1. The minimum Gasteiger partial charge on any atom is -0.299 e. The third-order valence-corrected chi connectivity index (χ3v) is 5.98. The molecule has 3 nitrogen and oxygen atoms in total. The van der Waals surface area contributed by atoms with Crippen molar-refractivity contribution in [1.82, 2.24) is 9.59 Å². The van der Waals surface area contributed by atoms with Gasteiger partial charge in [-0.05, 0) is 40.9 Å². The van der Waals surface area contributed by atoms with Gasteiger partial charge in [0.25, 0.3) is 0 Å². The normalized spacial score (nSPS) is 14.8. The Morgan fingerprint density at radius 1 is 1.08 bits per heavy atom. The molecule has 26 heavy (non-hydrogen) atoms. The summed E-state index contributed by atoms with van der Waals surface area (Å²) in [6.45, 7) is 0. The molecule has 0 atom stereocenters. The molecule has 0 saturated carbocycles. The summed E-state index contributed by atoms with van der Waals surface area (Å²) in [7, 11) is -9.93. The van der Waals surface area contributed by atoms with E-state index in [9.17, 15) is 24.2 Å². The number of hydrogen-bond acceptors (Lipinski definition) is 4. The van der Waals surface area contributed by atoms with Crippen LogP contribution in [-0.4, -0.2) is 15.4 Å². The maximum Gasteiger partial charge on any atom is 0.311 e. The lowest BCUT2D eigenvalue weighted by Crippen LogP contribution is -2.11. The van der Waals surface area contributed by atoms with E-state index < -0.39 is 32.3 Å². The van der Waals surface area contributed by atoms with Gasteiger partial charge < -0.3 is 0 Å². The molecule has 0 N–H and O–H groups in total. The molecule has 140 valence electrons. The Morgan fingerprint density at radius 2 is 1.81 bits per heavy atom. The zero-order valence-corrected chi connectivity index (χ0v) is 15.2. The van der Waals surface area contributed by atoms with Gasteiger partial charge in [0, 0.05) is 12.8 Å². The Balaban J connectivity index is 1.84. The molecule has 0 amide bonds. The van der Waals surface area contributed by atoms with E-state index in [0.29, 0.717) is 11.1 Å². The molecular formula is C15H10ClF5N2OS2. The van der Waals surface area contributed by atoms with E-state index in [1.165, 1.54) is 0 Å². The number of hydrogen-bond donors (Lipinski definition) is 0. The van der Waals surface area contributed by atoms with Crippen LogP contribution >= 0.6 is 33.4 Å². The van der Waals surface area contributed by atoms with Crippen LogP contribution in [0.15, 0.2) is 41.3 Å². The molecule has 0 spiro atoms. The fraction of sp³-hybridized carbons (Fsp3) is 0.133. The topological polar surface area (TPSA) is 42.9 Å². The molecule has 2 aromatic carbocycles. The number of halogens is 6. The second kappa shape index (κ2) is 5.61. The summed E-state index contributed by atoms with van der Waals surface area (Å²) in [5.74, 6) is -0.456. The number of benzene rings is 2. The molecule has 0 saturated heterocycles. The van der Waals surface area contributed by atoms with E-state index in [-0.39, 0.29) is 18.1 Å². The van der Waals surface area contributed by atoms with Crippen LogP contribution in [0.2, 0.25) is 5.02 Å². The summed E-state index contributed by atoms with van der Waals surface area (Å²) in [4.78, 5) is 10.0. The molecule has 0 aliphatic carbocycles. The zero-order chi connectivity index (χ0) is 19.2. The van der Waals surface area contributed by atoms with Gasteiger partial charge >= 0.3 is 10.2 Å². The van der Waals surface area contributed by atoms with Gasteiger partial charge in [-0.15, -0.1) is 5.10 Å². The Bertz CT molecular complexity index is 1020. The lowest BCUT2D eigenvalue weighted by atomic mass is 10.0. The standard InChI is InChI=1S/C15H10ClF5N2OS2/c16-15-10(2-1-3-14(15)26(17,18,19,20)21)8-11(24)6-9-4-5-12-13(7-9)25-23-22-12/h1-5,7H,6,8H2. The summed E-state index contributed by atoms with van der Waals surface area (Å²) in [5.41, 5.74) is 0.995. The second-order valence-corrected chi connectivity index (χ2v) is 9.21. The second-order valence-electron chi connectivity index (χ2n) is 5.67. The highest BCUT2D eigenvalue weighted by molar-refractivity contribution is 8.45. The Hall–Kier alpha value is -1.78. The van der Waals surface area contributed by atoms with E-state index in [1.54, 1.807) is 18.2 Å². The molecule has 3 aromatic rings. The quantitative estimate of drug-likeness (QED) is 0.444. The smallest absolute Gasteiger partial charge is 0.299 e. The Kier molecular flexibility index (Phi) is 4.10. The van der Waals surface area contributed by atoms with E-state index in [1.807, 2.05) is 0 Å². The zero-order valence-electron chi connectivity index (χ0n) is 12.8. The molecule has 0 radical (unpaired) electrons. The maximum atomic E-state index is 13.0. The van der Waals surface area contributed by atoms with Crippen LogP contribution in [0.3, 0.4) is 0 Å². The highest BCUT2D eigenvalue weighted by atomic mass is 35.5. The lowest BCUT2D eigenvalue weighted by molar-refractivity contribution is -0.117. The van der Waals surface area contributed by atoms with Crippen molar-refractivity contribution in [1.29, 1.82) is 0 Å². The number of nitrogens with zero attached hydrogens (tertiary/aromatic N) is 2. The molecule has 0 bridgehead atoms. The van der Waals surface area contributed by atoms with Gasteiger partial charge in [-0.3, -0.25) is 4.79 Å². The van der Waals surface area contributed by atoms with Crippen LogP contribution in [0.1, 0.15) is 11.1 Å². The van der Waals surface area contributed by atoms with Crippen molar-refractivity contribution < 1.29 is 24.2 Å². The predicted octanol–water partition coefficient (Wildman–Crippen LogP) is 6.36. The number of rotatable bonds is 5. The van der Waals surface area contributed by atoms with Crippen LogP contribution < -0.4 is 0 Å². The summed E-state index contributed by atoms with van der Waals surface area (Å²) < 4.78 is 69.6. The first-order valence-corrected chi connectivity index (χ1v) is 10.2. The molecule has 0 unspecified atom stereocenters. The van der Waals surface area contributed by atoms with Crippen LogP contribution in [0.5, 0.6) is 0 Å². The van der Waals surface area contributed by atoms with E-state index in [4.69, 9.17) is 11.6 Å². The molecule has 1 aromatic heterocycles. The Morgan fingerprint density at radius 3 is 2.50 bits per heavy atom. The number of fused-ring (bicyclic) bond motifs is 1. The van der Waals surface area contributed by atoms with E-state index in [2.05, 4.69) is 9.59 Å². The van der Waals surface area contributed by atoms with Crippen molar-refractivity contribution in [2.45, 2.75) is 17.7 Å². The fourth-order valence-electron chi connectivity index (χ4n) is 2.43. The van der Waals surface area contributed by atoms with Crippen molar-refractivity contribution >= 4 is 49.4 Å². The first-order valence-electron chi connectivity index (χ1n) is 7.08. The highest BCUT2D eigenvalue weighted by Crippen LogP contribution is 3.02. The van der Waals surface area contributed by atoms with Crippen molar-refractivity contribution in [2.75, 3.05) is 0 Å². The third kappa shape index (κ3) is 4.13.